The van der Waals surface area contributed by atoms with Gasteiger partial charge in [-0.2, -0.15) is 0 Å². The van der Waals surface area contributed by atoms with E-state index >= 15 is 0 Å². The van der Waals surface area contributed by atoms with E-state index in [2.05, 4.69) is 10.3 Å². The number of H-pyrrole nitrogens is 1. The topological polar surface area (TPSA) is 96.4 Å². The van der Waals surface area contributed by atoms with Crippen molar-refractivity contribution in [3.8, 4) is 16.9 Å². The minimum atomic E-state index is -1.08. The summed E-state index contributed by atoms with van der Waals surface area (Å²) in [6, 6.07) is 7.52. The zero-order valence-corrected chi connectivity index (χ0v) is 19.9. The Morgan fingerprint density at radius 1 is 1.25 bits per heavy atom. The SMILES string of the molecule is CC.CCNC(=O)CCCOc1cc(-c2cn(C)c(=O)c3[nH]ccc23)ccc1C(C)(C)O. The van der Waals surface area contributed by atoms with E-state index in [0.29, 0.717) is 42.8 Å². The van der Waals surface area contributed by atoms with Crippen LogP contribution < -0.4 is 15.6 Å². The van der Waals surface area contributed by atoms with Crippen LogP contribution in [0.1, 0.15) is 53.0 Å². The molecular weight excluding hydrogens is 406 g/mol. The molecule has 2 aromatic heterocycles. The van der Waals surface area contributed by atoms with Gasteiger partial charge in [0.15, 0.2) is 0 Å². The summed E-state index contributed by atoms with van der Waals surface area (Å²) in [5.41, 5.74) is 1.81. The fraction of sp³-hybridized carbons (Fsp3) is 0.440. The van der Waals surface area contributed by atoms with E-state index in [4.69, 9.17) is 4.74 Å². The van der Waals surface area contributed by atoms with Gasteiger partial charge in [-0.25, -0.2) is 0 Å². The highest BCUT2D eigenvalue weighted by atomic mass is 16.5. The number of ether oxygens (including phenoxy) is 1. The number of aryl methyl sites for hydroxylation is 1. The lowest BCUT2D eigenvalue weighted by Gasteiger charge is -2.22. The Bertz CT molecular complexity index is 1110. The predicted octanol–water partition coefficient (Wildman–Crippen LogP) is 4.08. The molecule has 0 aliphatic carbocycles. The van der Waals surface area contributed by atoms with Crippen LogP contribution in [-0.2, 0) is 17.4 Å². The molecule has 3 N–H and O–H groups in total. The summed E-state index contributed by atoms with van der Waals surface area (Å²) in [5, 5.41) is 14.2. The van der Waals surface area contributed by atoms with Gasteiger partial charge in [0.25, 0.3) is 5.56 Å². The fourth-order valence-electron chi connectivity index (χ4n) is 3.51. The van der Waals surface area contributed by atoms with Gasteiger partial charge in [0, 0.05) is 48.9 Å². The minimum absolute atomic E-state index is 0.00221. The number of carbonyl (C=O) groups excluding carboxylic acids is 1. The molecule has 7 heteroatoms. The van der Waals surface area contributed by atoms with Gasteiger partial charge >= 0.3 is 0 Å². The first kappa shape index (κ1) is 25.2. The zero-order valence-electron chi connectivity index (χ0n) is 19.9. The largest absolute Gasteiger partial charge is 0.493 e. The second kappa shape index (κ2) is 11.0. The highest BCUT2D eigenvalue weighted by Crippen LogP contribution is 2.35. The average Bonchev–Trinajstić information content (AvgIpc) is 3.25. The van der Waals surface area contributed by atoms with Gasteiger partial charge in [0.05, 0.1) is 12.2 Å². The van der Waals surface area contributed by atoms with E-state index in [9.17, 15) is 14.7 Å². The molecule has 3 aromatic rings. The van der Waals surface area contributed by atoms with E-state index in [-0.39, 0.29) is 11.5 Å². The number of rotatable bonds is 8. The maximum Gasteiger partial charge on any atom is 0.274 e. The van der Waals surface area contributed by atoms with Crippen LogP contribution in [0.4, 0.5) is 0 Å². The number of aromatic amines is 1. The molecule has 0 spiro atoms. The number of amides is 1. The first-order valence-corrected chi connectivity index (χ1v) is 11.2. The molecule has 2 heterocycles. The van der Waals surface area contributed by atoms with Crippen molar-refractivity contribution in [1.82, 2.24) is 14.9 Å². The lowest BCUT2D eigenvalue weighted by molar-refractivity contribution is -0.121. The summed E-state index contributed by atoms with van der Waals surface area (Å²) in [4.78, 5) is 27.0. The second-order valence-electron chi connectivity index (χ2n) is 7.90. The normalized spacial score (nSPS) is 11.1. The van der Waals surface area contributed by atoms with Gasteiger partial charge in [-0.05, 0) is 44.9 Å². The lowest BCUT2D eigenvalue weighted by atomic mass is 9.94. The first-order valence-electron chi connectivity index (χ1n) is 11.2. The smallest absolute Gasteiger partial charge is 0.274 e. The number of nitrogens with zero attached hydrogens (tertiary/aromatic N) is 1. The number of pyridine rings is 1. The molecule has 0 saturated carbocycles. The van der Waals surface area contributed by atoms with E-state index < -0.39 is 5.60 Å². The molecule has 7 nitrogen and oxygen atoms in total. The molecule has 0 aliphatic rings. The Morgan fingerprint density at radius 3 is 2.62 bits per heavy atom. The summed E-state index contributed by atoms with van der Waals surface area (Å²) >= 11 is 0. The Kier molecular flexibility index (Phi) is 8.66. The van der Waals surface area contributed by atoms with Crippen LogP contribution in [0, 0.1) is 0 Å². The third-order valence-corrected chi connectivity index (χ3v) is 5.03. The minimum Gasteiger partial charge on any atom is -0.493 e. The highest BCUT2D eigenvalue weighted by Gasteiger charge is 2.22. The van der Waals surface area contributed by atoms with E-state index in [1.54, 1.807) is 37.9 Å². The fourth-order valence-corrected chi connectivity index (χ4v) is 3.51. The Morgan fingerprint density at radius 2 is 1.97 bits per heavy atom. The van der Waals surface area contributed by atoms with Crippen molar-refractivity contribution in [1.29, 1.82) is 0 Å². The van der Waals surface area contributed by atoms with Crippen LogP contribution in [-0.4, -0.2) is 33.7 Å². The third-order valence-electron chi connectivity index (χ3n) is 5.03. The molecule has 0 radical (unpaired) electrons. The molecular formula is C25H35N3O4. The van der Waals surface area contributed by atoms with Crippen molar-refractivity contribution in [2.45, 2.75) is 53.1 Å². The monoisotopic (exact) mass is 441 g/mol. The number of nitrogens with one attached hydrogen (secondary N) is 2. The Balaban J connectivity index is 0.00000176. The molecule has 0 fully saturated rings. The number of hydrogen-bond donors (Lipinski definition) is 3. The van der Waals surface area contributed by atoms with Crippen LogP contribution in [0.3, 0.4) is 0 Å². The maximum absolute atomic E-state index is 12.3. The molecule has 3 rings (SSSR count). The molecule has 32 heavy (non-hydrogen) atoms. The maximum atomic E-state index is 12.3. The van der Waals surface area contributed by atoms with Gasteiger partial charge in [0.1, 0.15) is 11.3 Å². The van der Waals surface area contributed by atoms with Crippen LogP contribution in [0.15, 0.2) is 41.5 Å². The molecule has 0 atom stereocenters. The van der Waals surface area contributed by atoms with Crippen molar-refractivity contribution >= 4 is 16.8 Å². The van der Waals surface area contributed by atoms with E-state index in [1.807, 2.05) is 45.0 Å². The zero-order chi connectivity index (χ0) is 23.9. The molecule has 0 saturated heterocycles. The van der Waals surface area contributed by atoms with Crippen LogP contribution in [0.25, 0.3) is 22.0 Å². The first-order chi connectivity index (χ1) is 15.2. The number of fused-ring (bicyclic) bond motifs is 1. The van der Waals surface area contributed by atoms with Crippen molar-refractivity contribution in [3.05, 3.63) is 52.6 Å². The summed E-state index contributed by atoms with van der Waals surface area (Å²) < 4.78 is 7.53. The highest BCUT2D eigenvalue weighted by molar-refractivity contribution is 5.94. The standard InChI is InChI=1S/C23H29N3O4.C2H6/c1-5-24-20(27)7-6-12-30-19-13-15(8-9-18(19)23(2,3)29)17-14-26(4)22(28)21-16(17)10-11-25-21;1-2/h8-11,13-14,25,29H,5-7,12H2,1-4H3,(H,24,27);1-2H3. The summed E-state index contributed by atoms with van der Waals surface area (Å²) in [5.74, 6) is 0.561. The van der Waals surface area contributed by atoms with Gasteiger partial charge in [-0.3, -0.25) is 9.59 Å². The van der Waals surface area contributed by atoms with Gasteiger partial charge in [-0.15, -0.1) is 0 Å². The van der Waals surface area contributed by atoms with Gasteiger partial charge < -0.3 is 24.7 Å². The van der Waals surface area contributed by atoms with Crippen LogP contribution in [0.5, 0.6) is 5.75 Å². The Labute approximate surface area is 189 Å². The number of aliphatic hydroxyl groups is 1. The van der Waals surface area contributed by atoms with Gasteiger partial charge in [-0.1, -0.05) is 26.0 Å². The molecule has 1 aromatic carbocycles. The lowest BCUT2D eigenvalue weighted by Crippen LogP contribution is -2.23. The third kappa shape index (κ3) is 5.79. The summed E-state index contributed by atoms with van der Waals surface area (Å²) in [6.07, 6.45) is 4.51. The van der Waals surface area contributed by atoms with Crippen LogP contribution in [0.2, 0.25) is 0 Å². The number of hydrogen-bond acceptors (Lipinski definition) is 4. The van der Waals surface area contributed by atoms with Crippen molar-refractivity contribution < 1.29 is 14.6 Å². The molecule has 174 valence electrons. The number of benzene rings is 1. The number of aromatic nitrogens is 2. The van der Waals surface area contributed by atoms with Crippen molar-refractivity contribution in [2.75, 3.05) is 13.2 Å². The quantitative estimate of drug-likeness (QED) is 0.459. The average molecular weight is 442 g/mol. The van der Waals surface area contributed by atoms with E-state index in [0.717, 1.165) is 16.5 Å². The Hall–Kier alpha value is -3.06. The van der Waals surface area contributed by atoms with Crippen LogP contribution >= 0.6 is 0 Å². The molecule has 0 aliphatic heterocycles. The van der Waals surface area contributed by atoms with E-state index in [1.165, 1.54) is 0 Å². The predicted molar refractivity (Wildman–Crippen MR) is 129 cm³/mol. The summed E-state index contributed by atoms with van der Waals surface area (Å²) in [7, 11) is 1.72. The second-order valence-corrected chi connectivity index (χ2v) is 7.90. The molecule has 0 unspecified atom stereocenters. The summed E-state index contributed by atoms with van der Waals surface area (Å²) in [6.45, 7) is 10.3. The molecule has 1 amide bonds. The number of carbonyl (C=O) groups is 1. The van der Waals surface area contributed by atoms with Gasteiger partial charge in [0.2, 0.25) is 5.91 Å². The van der Waals surface area contributed by atoms with Crippen molar-refractivity contribution in [3.63, 3.8) is 0 Å². The van der Waals surface area contributed by atoms with Crippen molar-refractivity contribution in [2.24, 2.45) is 7.05 Å². The molecule has 0 bridgehead atoms.